The van der Waals surface area contributed by atoms with Crippen LogP contribution in [-0.4, -0.2) is 23.7 Å². The average Bonchev–Trinajstić information content (AvgIpc) is 2.70. The highest BCUT2D eigenvalue weighted by molar-refractivity contribution is 5.50. The molecule has 1 aliphatic rings. The van der Waals surface area contributed by atoms with Crippen LogP contribution in [0.15, 0.2) is 24.3 Å². The maximum Gasteiger partial charge on any atom is 0.271 e. The Labute approximate surface area is 119 Å². The summed E-state index contributed by atoms with van der Waals surface area (Å²) in [6, 6.07) is 6.61. The van der Waals surface area contributed by atoms with Gasteiger partial charge in [0.1, 0.15) is 0 Å². The van der Waals surface area contributed by atoms with Gasteiger partial charge in [-0.25, -0.2) is 0 Å². The van der Waals surface area contributed by atoms with Crippen LogP contribution in [0.3, 0.4) is 0 Å². The Hall–Kier alpha value is -1.62. The highest BCUT2D eigenvalue weighted by Crippen LogP contribution is 2.22. The van der Waals surface area contributed by atoms with Crippen LogP contribution < -0.4 is 5.32 Å². The van der Waals surface area contributed by atoms with E-state index in [1.54, 1.807) is 12.1 Å². The molecule has 1 saturated heterocycles. The Kier molecular flexibility index (Phi) is 5.35. The van der Waals surface area contributed by atoms with Gasteiger partial charge in [0, 0.05) is 24.4 Å². The van der Waals surface area contributed by atoms with Crippen LogP contribution in [0, 0.1) is 10.1 Å². The fourth-order valence-corrected chi connectivity index (χ4v) is 2.56. The lowest BCUT2D eigenvalue weighted by Gasteiger charge is -2.21. The number of benzene rings is 1. The third kappa shape index (κ3) is 4.20. The largest absolute Gasteiger partial charge is 0.382 e. The van der Waals surface area contributed by atoms with Crippen molar-refractivity contribution in [3.8, 4) is 0 Å². The molecule has 1 aromatic carbocycles. The van der Waals surface area contributed by atoms with E-state index in [0.29, 0.717) is 12.6 Å². The summed E-state index contributed by atoms with van der Waals surface area (Å²) < 4.78 is 6.06. The minimum atomic E-state index is -0.375. The smallest absolute Gasteiger partial charge is 0.271 e. The molecule has 0 saturated carbocycles. The number of ether oxygens (including phenoxy) is 1. The quantitative estimate of drug-likeness (QED) is 0.658. The Morgan fingerprint density at radius 2 is 2.10 bits per heavy atom. The van der Waals surface area contributed by atoms with E-state index in [4.69, 9.17) is 4.74 Å². The van der Waals surface area contributed by atoms with Gasteiger partial charge in [-0.15, -0.1) is 0 Å². The first-order valence-electron chi connectivity index (χ1n) is 7.33. The molecular formula is C15H22N2O3. The summed E-state index contributed by atoms with van der Waals surface area (Å²) >= 11 is 0. The molecule has 5 heteroatoms. The third-order valence-corrected chi connectivity index (χ3v) is 3.73. The Balaban J connectivity index is 1.90. The number of hydrogen-bond donors (Lipinski definition) is 1. The number of nitrogens with zero attached hydrogens (tertiary/aromatic N) is 1. The first kappa shape index (κ1) is 14.8. The lowest BCUT2D eigenvalue weighted by atomic mass is 10.1. The van der Waals surface area contributed by atoms with Crippen LogP contribution in [0.25, 0.3) is 0 Å². The molecule has 0 amide bonds. The molecule has 5 nitrogen and oxygen atoms in total. The predicted octanol–water partition coefficient (Wildman–Crippen LogP) is 3.74. The van der Waals surface area contributed by atoms with Crippen molar-refractivity contribution in [1.82, 2.24) is 0 Å². The highest BCUT2D eigenvalue weighted by Gasteiger charge is 2.19. The van der Waals surface area contributed by atoms with Gasteiger partial charge in [0.05, 0.1) is 17.1 Å². The summed E-state index contributed by atoms with van der Waals surface area (Å²) in [4.78, 5) is 10.4. The molecule has 0 aromatic heterocycles. The van der Waals surface area contributed by atoms with Crippen LogP contribution in [0.2, 0.25) is 0 Å². The van der Waals surface area contributed by atoms with Gasteiger partial charge in [-0.2, -0.15) is 0 Å². The van der Waals surface area contributed by atoms with Crippen molar-refractivity contribution >= 4 is 11.4 Å². The number of nitro benzene ring substituents is 1. The molecule has 20 heavy (non-hydrogen) atoms. The number of anilines is 1. The fraction of sp³-hybridized carbons (Fsp3) is 0.600. The summed E-state index contributed by atoms with van der Waals surface area (Å²) in [5.74, 6) is 0. The summed E-state index contributed by atoms with van der Waals surface area (Å²) in [7, 11) is 0. The minimum absolute atomic E-state index is 0.114. The van der Waals surface area contributed by atoms with Gasteiger partial charge in [0.15, 0.2) is 0 Å². The van der Waals surface area contributed by atoms with Crippen molar-refractivity contribution < 1.29 is 9.66 Å². The van der Waals surface area contributed by atoms with Gasteiger partial charge in [0.2, 0.25) is 0 Å². The van der Waals surface area contributed by atoms with Gasteiger partial charge < -0.3 is 10.1 Å². The second-order valence-electron chi connectivity index (χ2n) is 5.26. The standard InChI is InChI=1S/C15H22N2O3/c1-2-14-8-3-4-9-15(20-14)11-16-12-6-5-7-13(10-12)17(18)19/h5-7,10,14-16H,2-4,8-9,11H2,1H3/t14-,15+/m1/s1. The van der Waals surface area contributed by atoms with Crippen LogP contribution >= 0.6 is 0 Å². The Morgan fingerprint density at radius 1 is 1.35 bits per heavy atom. The molecule has 1 aliphatic heterocycles. The van der Waals surface area contributed by atoms with E-state index in [0.717, 1.165) is 24.9 Å². The number of rotatable bonds is 5. The summed E-state index contributed by atoms with van der Waals surface area (Å²) in [5.41, 5.74) is 0.892. The molecule has 0 unspecified atom stereocenters. The second kappa shape index (κ2) is 7.24. The third-order valence-electron chi connectivity index (χ3n) is 3.73. The second-order valence-corrected chi connectivity index (χ2v) is 5.26. The zero-order valence-corrected chi connectivity index (χ0v) is 11.9. The maximum atomic E-state index is 10.7. The minimum Gasteiger partial charge on any atom is -0.382 e. The number of hydrogen-bond acceptors (Lipinski definition) is 4. The maximum absolute atomic E-state index is 10.7. The predicted molar refractivity (Wildman–Crippen MR) is 79.0 cm³/mol. The van der Waals surface area contributed by atoms with E-state index in [9.17, 15) is 10.1 Å². The monoisotopic (exact) mass is 278 g/mol. The topological polar surface area (TPSA) is 64.4 Å². The molecule has 0 bridgehead atoms. The van der Waals surface area contributed by atoms with Gasteiger partial charge in [-0.05, 0) is 25.3 Å². The number of nitrogens with one attached hydrogen (secondary N) is 1. The van der Waals surface area contributed by atoms with Gasteiger partial charge >= 0.3 is 0 Å². The van der Waals surface area contributed by atoms with Gasteiger partial charge in [-0.3, -0.25) is 10.1 Å². The van der Waals surface area contributed by atoms with Crippen LogP contribution in [0.5, 0.6) is 0 Å². The van der Waals surface area contributed by atoms with E-state index in [1.165, 1.54) is 18.9 Å². The summed E-state index contributed by atoms with van der Waals surface area (Å²) in [5, 5.41) is 14.0. The lowest BCUT2D eigenvalue weighted by Crippen LogP contribution is -2.26. The molecule has 0 aliphatic carbocycles. The fourth-order valence-electron chi connectivity index (χ4n) is 2.56. The first-order valence-corrected chi connectivity index (χ1v) is 7.33. The first-order chi connectivity index (χ1) is 9.69. The molecule has 2 rings (SSSR count). The van der Waals surface area contributed by atoms with E-state index >= 15 is 0 Å². The molecule has 0 radical (unpaired) electrons. The van der Waals surface area contributed by atoms with Crippen molar-refractivity contribution in [2.24, 2.45) is 0 Å². The zero-order valence-electron chi connectivity index (χ0n) is 11.9. The molecule has 1 aromatic rings. The molecule has 1 heterocycles. The Bertz CT molecular complexity index is 450. The molecular weight excluding hydrogens is 256 g/mol. The van der Waals surface area contributed by atoms with Gasteiger partial charge in [-0.1, -0.05) is 25.8 Å². The van der Waals surface area contributed by atoms with Crippen molar-refractivity contribution in [2.75, 3.05) is 11.9 Å². The average molecular weight is 278 g/mol. The summed E-state index contributed by atoms with van der Waals surface area (Å²) in [6.45, 7) is 2.86. The normalized spacial score (nSPS) is 23.1. The molecule has 1 fully saturated rings. The summed E-state index contributed by atoms with van der Waals surface area (Å²) in [6.07, 6.45) is 6.22. The highest BCUT2D eigenvalue weighted by atomic mass is 16.6. The molecule has 1 N–H and O–H groups in total. The molecule has 2 atom stereocenters. The van der Waals surface area contributed by atoms with Crippen LogP contribution in [0.1, 0.15) is 39.0 Å². The van der Waals surface area contributed by atoms with E-state index in [-0.39, 0.29) is 16.7 Å². The van der Waals surface area contributed by atoms with Crippen molar-refractivity contribution in [2.45, 2.75) is 51.2 Å². The van der Waals surface area contributed by atoms with Crippen molar-refractivity contribution in [1.29, 1.82) is 0 Å². The Morgan fingerprint density at radius 3 is 2.80 bits per heavy atom. The number of non-ortho nitro benzene ring substituents is 1. The molecule has 110 valence electrons. The lowest BCUT2D eigenvalue weighted by molar-refractivity contribution is -0.384. The van der Waals surface area contributed by atoms with Crippen LogP contribution in [0.4, 0.5) is 11.4 Å². The molecule has 0 spiro atoms. The van der Waals surface area contributed by atoms with E-state index in [2.05, 4.69) is 12.2 Å². The van der Waals surface area contributed by atoms with Gasteiger partial charge in [0.25, 0.3) is 5.69 Å². The van der Waals surface area contributed by atoms with Crippen molar-refractivity contribution in [3.63, 3.8) is 0 Å². The van der Waals surface area contributed by atoms with Crippen molar-refractivity contribution in [3.05, 3.63) is 34.4 Å². The van der Waals surface area contributed by atoms with E-state index < -0.39 is 0 Å². The SMILES string of the molecule is CC[C@@H]1CCCC[C@@H](CNc2cccc([N+](=O)[O-])c2)O1. The number of nitro groups is 1. The van der Waals surface area contributed by atoms with Crippen LogP contribution in [-0.2, 0) is 4.74 Å². The zero-order chi connectivity index (χ0) is 14.4. The van der Waals surface area contributed by atoms with E-state index in [1.807, 2.05) is 6.07 Å².